The van der Waals surface area contributed by atoms with E-state index in [4.69, 9.17) is 14.2 Å². The van der Waals surface area contributed by atoms with Gasteiger partial charge in [0.25, 0.3) is 0 Å². The molecule has 2 aromatic rings. The van der Waals surface area contributed by atoms with Gasteiger partial charge in [-0.1, -0.05) is 56.3 Å². The lowest BCUT2D eigenvalue weighted by atomic mass is 9.64. The van der Waals surface area contributed by atoms with Gasteiger partial charge in [-0.3, -0.25) is 0 Å². The second-order valence-electron chi connectivity index (χ2n) is 8.11. The van der Waals surface area contributed by atoms with Gasteiger partial charge in [-0.25, -0.2) is 0 Å². The van der Waals surface area contributed by atoms with Crippen LogP contribution < -0.4 is 0 Å². The van der Waals surface area contributed by atoms with Gasteiger partial charge >= 0.3 is 0 Å². The SMILES string of the molecule is CCC1(c2cccc(-c3ccc(COC)cc3)c2C2(CC)COC2)COC1. The molecule has 2 fully saturated rings. The fourth-order valence-electron chi connectivity index (χ4n) is 4.53. The van der Waals surface area contributed by atoms with Crippen LogP contribution in [-0.4, -0.2) is 33.5 Å². The number of benzene rings is 2. The monoisotopic (exact) mass is 366 g/mol. The molecule has 0 amide bonds. The smallest absolute Gasteiger partial charge is 0.0713 e. The molecule has 3 heteroatoms. The summed E-state index contributed by atoms with van der Waals surface area (Å²) in [5.41, 5.74) is 7.06. The number of hydrogen-bond donors (Lipinski definition) is 0. The number of hydrogen-bond acceptors (Lipinski definition) is 3. The van der Waals surface area contributed by atoms with Crippen LogP contribution in [0.3, 0.4) is 0 Å². The van der Waals surface area contributed by atoms with Gasteiger partial charge in [0.2, 0.25) is 0 Å². The second kappa shape index (κ2) is 7.38. The molecule has 0 aliphatic carbocycles. The molecule has 0 bridgehead atoms. The Kier molecular flexibility index (Phi) is 5.11. The molecule has 0 atom stereocenters. The molecular weight excluding hydrogens is 336 g/mol. The third-order valence-corrected chi connectivity index (χ3v) is 6.61. The third kappa shape index (κ3) is 3.02. The van der Waals surface area contributed by atoms with Crippen LogP contribution in [0.4, 0.5) is 0 Å². The Morgan fingerprint density at radius 1 is 0.852 bits per heavy atom. The molecule has 27 heavy (non-hydrogen) atoms. The molecule has 0 radical (unpaired) electrons. The summed E-state index contributed by atoms with van der Waals surface area (Å²) < 4.78 is 16.7. The lowest BCUT2D eigenvalue weighted by Crippen LogP contribution is -2.52. The van der Waals surface area contributed by atoms with Crippen molar-refractivity contribution in [3.05, 3.63) is 59.2 Å². The summed E-state index contributed by atoms with van der Waals surface area (Å²) in [5, 5.41) is 0. The Morgan fingerprint density at radius 3 is 1.96 bits per heavy atom. The molecular formula is C24H30O3. The van der Waals surface area contributed by atoms with Gasteiger partial charge in [-0.05, 0) is 40.7 Å². The second-order valence-corrected chi connectivity index (χ2v) is 8.11. The van der Waals surface area contributed by atoms with Crippen molar-refractivity contribution in [2.45, 2.75) is 44.1 Å². The van der Waals surface area contributed by atoms with E-state index in [1.807, 2.05) is 0 Å². The Labute approximate surface area is 162 Å². The van der Waals surface area contributed by atoms with Gasteiger partial charge < -0.3 is 14.2 Å². The maximum absolute atomic E-state index is 5.73. The summed E-state index contributed by atoms with van der Waals surface area (Å²) in [4.78, 5) is 0. The minimum Gasteiger partial charge on any atom is -0.380 e. The van der Waals surface area contributed by atoms with Crippen LogP contribution in [0.2, 0.25) is 0 Å². The molecule has 0 N–H and O–H groups in total. The quantitative estimate of drug-likeness (QED) is 0.701. The highest BCUT2D eigenvalue weighted by Crippen LogP contribution is 2.48. The average Bonchev–Trinajstić information content (AvgIpc) is 2.63. The van der Waals surface area contributed by atoms with Crippen LogP contribution in [0.1, 0.15) is 43.4 Å². The molecule has 2 aliphatic rings. The van der Waals surface area contributed by atoms with Crippen molar-refractivity contribution >= 4 is 0 Å². The highest BCUT2D eigenvalue weighted by atomic mass is 16.5. The molecule has 2 saturated heterocycles. The van der Waals surface area contributed by atoms with Gasteiger partial charge in [0.1, 0.15) is 0 Å². The summed E-state index contributed by atoms with van der Waals surface area (Å²) in [7, 11) is 1.74. The first-order chi connectivity index (χ1) is 13.2. The van der Waals surface area contributed by atoms with Gasteiger partial charge in [0.05, 0.1) is 33.0 Å². The van der Waals surface area contributed by atoms with Gasteiger partial charge in [0.15, 0.2) is 0 Å². The Hall–Kier alpha value is -1.68. The van der Waals surface area contributed by atoms with Gasteiger partial charge in [-0.2, -0.15) is 0 Å². The summed E-state index contributed by atoms with van der Waals surface area (Å²) in [6, 6.07) is 15.6. The van der Waals surface area contributed by atoms with Crippen molar-refractivity contribution < 1.29 is 14.2 Å². The zero-order chi connectivity index (χ0) is 18.9. The minimum atomic E-state index is 0.120. The van der Waals surface area contributed by atoms with Crippen LogP contribution in [0.5, 0.6) is 0 Å². The first-order valence-corrected chi connectivity index (χ1v) is 10.1. The standard InChI is InChI=1S/C24H30O3/c1-4-23(14-26-15-23)21-8-6-7-20(22(21)24(5-2)16-27-17-24)19-11-9-18(10-12-19)13-25-3/h6-12H,4-5,13-17H2,1-3H3. The molecule has 2 aromatic carbocycles. The van der Waals surface area contributed by atoms with E-state index < -0.39 is 0 Å². The fraction of sp³-hybridized carbons (Fsp3) is 0.500. The predicted molar refractivity (Wildman–Crippen MR) is 108 cm³/mol. The Balaban J connectivity index is 1.86. The predicted octanol–water partition coefficient (Wildman–Crippen LogP) is 4.86. The van der Waals surface area contributed by atoms with E-state index in [1.165, 1.54) is 27.8 Å². The zero-order valence-corrected chi connectivity index (χ0v) is 16.7. The molecule has 0 spiro atoms. The summed E-state index contributed by atoms with van der Waals surface area (Å²) in [6.45, 7) is 8.51. The molecule has 144 valence electrons. The number of methoxy groups -OCH3 is 1. The summed E-state index contributed by atoms with van der Waals surface area (Å²) in [5.74, 6) is 0. The lowest BCUT2D eigenvalue weighted by Gasteiger charge is -2.49. The molecule has 2 heterocycles. The third-order valence-electron chi connectivity index (χ3n) is 6.61. The van der Waals surface area contributed by atoms with E-state index in [0.717, 1.165) is 39.3 Å². The lowest BCUT2D eigenvalue weighted by molar-refractivity contribution is -0.0752. The number of ether oxygens (including phenoxy) is 3. The molecule has 2 aliphatic heterocycles. The molecule has 0 unspecified atom stereocenters. The van der Waals surface area contributed by atoms with Crippen molar-refractivity contribution in [3.8, 4) is 11.1 Å². The van der Waals surface area contributed by atoms with Crippen molar-refractivity contribution in [1.82, 2.24) is 0 Å². The van der Waals surface area contributed by atoms with E-state index in [-0.39, 0.29) is 10.8 Å². The van der Waals surface area contributed by atoms with E-state index in [0.29, 0.717) is 6.61 Å². The normalized spacial score (nSPS) is 20.0. The van der Waals surface area contributed by atoms with E-state index in [1.54, 1.807) is 7.11 Å². The fourth-order valence-corrected chi connectivity index (χ4v) is 4.53. The maximum atomic E-state index is 5.73. The summed E-state index contributed by atoms with van der Waals surface area (Å²) in [6.07, 6.45) is 2.20. The minimum absolute atomic E-state index is 0.120. The molecule has 3 nitrogen and oxygen atoms in total. The Bertz CT molecular complexity index is 775. The average molecular weight is 367 g/mol. The van der Waals surface area contributed by atoms with Crippen LogP contribution in [0, 0.1) is 0 Å². The largest absolute Gasteiger partial charge is 0.380 e. The van der Waals surface area contributed by atoms with E-state index in [9.17, 15) is 0 Å². The number of rotatable bonds is 7. The van der Waals surface area contributed by atoms with Crippen LogP contribution >= 0.6 is 0 Å². The van der Waals surface area contributed by atoms with Gasteiger partial charge in [-0.15, -0.1) is 0 Å². The first-order valence-electron chi connectivity index (χ1n) is 10.1. The summed E-state index contributed by atoms with van der Waals surface area (Å²) >= 11 is 0. The highest BCUT2D eigenvalue weighted by Gasteiger charge is 2.47. The highest BCUT2D eigenvalue weighted by molar-refractivity contribution is 5.72. The van der Waals surface area contributed by atoms with Crippen molar-refractivity contribution in [2.75, 3.05) is 33.5 Å². The Morgan fingerprint density at radius 2 is 1.48 bits per heavy atom. The maximum Gasteiger partial charge on any atom is 0.0713 e. The molecule has 0 saturated carbocycles. The topological polar surface area (TPSA) is 27.7 Å². The van der Waals surface area contributed by atoms with Crippen molar-refractivity contribution in [3.63, 3.8) is 0 Å². The van der Waals surface area contributed by atoms with Crippen molar-refractivity contribution in [1.29, 1.82) is 0 Å². The van der Waals surface area contributed by atoms with Crippen molar-refractivity contribution in [2.24, 2.45) is 0 Å². The van der Waals surface area contributed by atoms with Crippen LogP contribution in [0.15, 0.2) is 42.5 Å². The zero-order valence-electron chi connectivity index (χ0n) is 16.7. The van der Waals surface area contributed by atoms with Gasteiger partial charge in [0, 0.05) is 17.9 Å². The van der Waals surface area contributed by atoms with E-state index in [2.05, 4.69) is 56.3 Å². The van der Waals surface area contributed by atoms with E-state index >= 15 is 0 Å². The van der Waals surface area contributed by atoms with Crippen LogP contribution in [-0.2, 0) is 31.6 Å². The molecule has 4 rings (SSSR count). The van der Waals surface area contributed by atoms with Crippen LogP contribution in [0.25, 0.3) is 11.1 Å². The first kappa shape index (κ1) is 18.7. The molecule has 0 aromatic heterocycles.